The van der Waals surface area contributed by atoms with E-state index in [1.54, 1.807) is 0 Å². The van der Waals surface area contributed by atoms with Crippen molar-refractivity contribution in [3.05, 3.63) is 17.8 Å². The maximum Gasteiger partial charge on any atom is 0.356 e. The van der Waals surface area contributed by atoms with Gasteiger partial charge in [0.05, 0.1) is 0 Å². The highest BCUT2D eigenvalue weighted by molar-refractivity contribution is 5.85. The Hall–Kier alpha value is -1.69. The second kappa shape index (κ2) is 5.13. The fourth-order valence-electron chi connectivity index (χ4n) is 0.836. The van der Waals surface area contributed by atoms with Gasteiger partial charge in [-0.25, -0.2) is 4.79 Å². The van der Waals surface area contributed by atoms with E-state index in [9.17, 15) is 4.79 Å². The van der Waals surface area contributed by atoms with Gasteiger partial charge in [-0.2, -0.15) is 0 Å². The van der Waals surface area contributed by atoms with Crippen molar-refractivity contribution >= 4 is 11.8 Å². The number of carbonyl (C=O) groups is 1. The molecule has 0 aliphatic rings. The molecule has 6 heteroatoms. The first-order valence-electron chi connectivity index (χ1n) is 4.16. The van der Waals surface area contributed by atoms with E-state index in [0.29, 0.717) is 18.8 Å². The quantitative estimate of drug-likeness (QED) is 0.574. The van der Waals surface area contributed by atoms with E-state index >= 15 is 0 Å². The van der Waals surface area contributed by atoms with Gasteiger partial charge in [0.25, 0.3) is 0 Å². The molecule has 0 aliphatic heterocycles. The van der Waals surface area contributed by atoms with Crippen molar-refractivity contribution in [1.29, 1.82) is 0 Å². The number of carboxylic acid groups (broad SMARTS) is 1. The highest BCUT2D eigenvalue weighted by atomic mass is 16.4. The van der Waals surface area contributed by atoms with Gasteiger partial charge in [-0.05, 0) is 18.6 Å². The van der Waals surface area contributed by atoms with Crippen LogP contribution in [0.3, 0.4) is 0 Å². The maximum atomic E-state index is 10.4. The van der Waals surface area contributed by atoms with Crippen LogP contribution in [0.5, 0.6) is 0 Å². The number of carboxylic acids is 1. The molecule has 1 rings (SSSR count). The van der Waals surface area contributed by atoms with Crippen molar-refractivity contribution in [2.75, 3.05) is 18.5 Å². The van der Waals surface area contributed by atoms with Crippen molar-refractivity contribution in [2.24, 2.45) is 0 Å². The van der Waals surface area contributed by atoms with E-state index < -0.39 is 5.97 Å². The number of aliphatic hydroxyl groups excluding tert-OH is 1. The van der Waals surface area contributed by atoms with Gasteiger partial charge in [0, 0.05) is 13.2 Å². The largest absolute Gasteiger partial charge is 0.476 e. The molecule has 0 aliphatic carbocycles. The van der Waals surface area contributed by atoms with Gasteiger partial charge in [0.2, 0.25) is 0 Å². The third-order valence-electron chi connectivity index (χ3n) is 1.52. The molecule has 6 nitrogen and oxygen atoms in total. The summed E-state index contributed by atoms with van der Waals surface area (Å²) < 4.78 is 0. The minimum Gasteiger partial charge on any atom is -0.476 e. The summed E-state index contributed by atoms with van der Waals surface area (Å²) in [6.07, 6.45) is 0.613. The molecule has 0 unspecified atom stereocenters. The SMILES string of the molecule is O=C(O)c1ccc(NCCCO)nn1. The van der Waals surface area contributed by atoms with Gasteiger partial charge >= 0.3 is 5.97 Å². The molecule has 0 saturated carbocycles. The summed E-state index contributed by atoms with van der Waals surface area (Å²) in [5, 5.41) is 27.1. The van der Waals surface area contributed by atoms with Crippen LogP contribution in [0.1, 0.15) is 16.9 Å². The highest BCUT2D eigenvalue weighted by Gasteiger charge is 2.04. The van der Waals surface area contributed by atoms with Crippen LogP contribution in [0.25, 0.3) is 0 Å². The van der Waals surface area contributed by atoms with Crippen LogP contribution >= 0.6 is 0 Å². The van der Waals surface area contributed by atoms with E-state index in [2.05, 4.69) is 15.5 Å². The van der Waals surface area contributed by atoms with Gasteiger partial charge in [-0.15, -0.1) is 10.2 Å². The summed E-state index contributed by atoms with van der Waals surface area (Å²) in [6, 6.07) is 2.91. The van der Waals surface area contributed by atoms with E-state index in [1.807, 2.05) is 0 Å². The Morgan fingerprint density at radius 2 is 2.21 bits per heavy atom. The summed E-state index contributed by atoms with van der Waals surface area (Å²) >= 11 is 0. The molecule has 0 radical (unpaired) electrons. The molecule has 0 saturated heterocycles. The van der Waals surface area contributed by atoms with Crippen LogP contribution in [0.2, 0.25) is 0 Å². The summed E-state index contributed by atoms with van der Waals surface area (Å²) in [5.74, 6) is -0.595. The Morgan fingerprint density at radius 3 is 2.71 bits per heavy atom. The molecule has 0 aromatic carbocycles. The van der Waals surface area contributed by atoms with E-state index in [0.717, 1.165) is 0 Å². The van der Waals surface area contributed by atoms with Gasteiger partial charge in [0.15, 0.2) is 5.69 Å². The Bertz CT molecular complexity index is 299. The fourth-order valence-corrected chi connectivity index (χ4v) is 0.836. The molecule has 0 atom stereocenters. The molecular weight excluding hydrogens is 186 g/mol. The van der Waals surface area contributed by atoms with Crippen LogP contribution < -0.4 is 5.32 Å². The smallest absolute Gasteiger partial charge is 0.356 e. The lowest BCUT2D eigenvalue weighted by Crippen LogP contribution is -2.08. The minimum absolute atomic E-state index is 0.0855. The third-order valence-corrected chi connectivity index (χ3v) is 1.52. The van der Waals surface area contributed by atoms with Gasteiger partial charge in [0.1, 0.15) is 5.82 Å². The lowest BCUT2D eigenvalue weighted by molar-refractivity contribution is 0.0689. The zero-order valence-electron chi connectivity index (χ0n) is 7.47. The van der Waals surface area contributed by atoms with E-state index in [1.165, 1.54) is 12.1 Å². The van der Waals surface area contributed by atoms with Crippen LogP contribution in [-0.2, 0) is 0 Å². The van der Waals surface area contributed by atoms with Gasteiger partial charge in [-0.1, -0.05) is 0 Å². The summed E-state index contributed by atoms with van der Waals surface area (Å²) in [7, 11) is 0. The second-order valence-corrected chi connectivity index (χ2v) is 2.61. The van der Waals surface area contributed by atoms with Crippen LogP contribution in [-0.4, -0.2) is 39.5 Å². The highest BCUT2D eigenvalue weighted by Crippen LogP contribution is 2.01. The zero-order valence-corrected chi connectivity index (χ0v) is 7.47. The normalized spacial score (nSPS) is 9.79. The molecule has 14 heavy (non-hydrogen) atoms. The first-order chi connectivity index (χ1) is 6.74. The van der Waals surface area contributed by atoms with Gasteiger partial charge < -0.3 is 15.5 Å². The van der Waals surface area contributed by atoms with Crippen LogP contribution in [0.4, 0.5) is 5.82 Å². The maximum absolute atomic E-state index is 10.4. The minimum atomic E-state index is -1.10. The molecule has 0 amide bonds. The summed E-state index contributed by atoms with van der Waals surface area (Å²) in [6.45, 7) is 0.686. The first kappa shape index (κ1) is 10.4. The van der Waals surface area contributed by atoms with Crippen molar-refractivity contribution < 1.29 is 15.0 Å². The molecule has 0 spiro atoms. The van der Waals surface area contributed by atoms with Crippen molar-refractivity contribution in [1.82, 2.24) is 10.2 Å². The molecule has 1 aromatic heterocycles. The number of anilines is 1. The Balaban J connectivity index is 2.51. The molecular formula is C8H11N3O3. The number of nitrogens with one attached hydrogen (secondary N) is 1. The Labute approximate surface area is 80.6 Å². The predicted molar refractivity (Wildman–Crippen MR) is 49.2 cm³/mol. The summed E-state index contributed by atoms with van der Waals surface area (Å²) in [4.78, 5) is 10.4. The molecule has 1 heterocycles. The number of aromatic nitrogens is 2. The first-order valence-corrected chi connectivity index (χ1v) is 4.16. The zero-order chi connectivity index (χ0) is 10.4. The molecule has 76 valence electrons. The Kier molecular flexibility index (Phi) is 3.81. The molecule has 0 fully saturated rings. The molecule has 3 N–H and O–H groups in total. The molecule has 0 bridgehead atoms. The third kappa shape index (κ3) is 2.98. The van der Waals surface area contributed by atoms with Crippen LogP contribution in [0.15, 0.2) is 12.1 Å². The standard InChI is InChI=1S/C8H11N3O3/c12-5-1-4-9-7-3-2-6(8(13)14)10-11-7/h2-3,12H,1,4-5H2,(H,9,11)(H,13,14). The van der Waals surface area contributed by atoms with Crippen molar-refractivity contribution in [3.63, 3.8) is 0 Å². The monoisotopic (exact) mass is 197 g/mol. The Morgan fingerprint density at radius 1 is 1.43 bits per heavy atom. The number of aromatic carboxylic acids is 1. The number of hydrogen-bond acceptors (Lipinski definition) is 5. The summed E-state index contributed by atoms with van der Waals surface area (Å²) in [5.41, 5.74) is -0.0855. The van der Waals surface area contributed by atoms with Crippen molar-refractivity contribution in [2.45, 2.75) is 6.42 Å². The number of rotatable bonds is 5. The lowest BCUT2D eigenvalue weighted by Gasteiger charge is -2.02. The lowest BCUT2D eigenvalue weighted by atomic mass is 10.4. The average molecular weight is 197 g/mol. The average Bonchev–Trinajstić information content (AvgIpc) is 2.19. The van der Waals surface area contributed by atoms with Gasteiger partial charge in [-0.3, -0.25) is 0 Å². The fraction of sp³-hybridized carbons (Fsp3) is 0.375. The number of hydrogen-bond donors (Lipinski definition) is 3. The van der Waals surface area contributed by atoms with E-state index in [-0.39, 0.29) is 12.3 Å². The van der Waals surface area contributed by atoms with Crippen LogP contribution in [0, 0.1) is 0 Å². The van der Waals surface area contributed by atoms with E-state index in [4.69, 9.17) is 10.2 Å². The topological polar surface area (TPSA) is 95.3 Å². The predicted octanol–water partition coefficient (Wildman–Crippen LogP) is -0.0309. The van der Waals surface area contributed by atoms with Crippen molar-refractivity contribution in [3.8, 4) is 0 Å². The molecule has 1 aromatic rings. The number of nitrogens with zero attached hydrogens (tertiary/aromatic N) is 2. The second-order valence-electron chi connectivity index (χ2n) is 2.61. The number of aliphatic hydroxyl groups is 1.